The topological polar surface area (TPSA) is 81.0 Å². The largest absolute Gasteiger partial charge is 0.493 e. The maximum Gasteiger partial charge on any atom is 0.305 e. The van der Waals surface area contributed by atoms with Crippen molar-refractivity contribution in [1.29, 1.82) is 0 Å². The van der Waals surface area contributed by atoms with Crippen LogP contribution in [0.5, 0.6) is 11.5 Å². The Bertz CT molecular complexity index is 892. The van der Waals surface area contributed by atoms with Gasteiger partial charge in [0.15, 0.2) is 11.5 Å². The highest BCUT2D eigenvalue weighted by molar-refractivity contribution is 6.31. The minimum atomic E-state index is -0.981. The first kappa shape index (κ1) is 19.1. The fourth-order valence-corrected chi connectivity index (χ4v) is 3.79. The molecule has 1 unspecified atom stereocenters. The van der Waals surface area contributed by atoms with Gasteiger partial charge < -0.3 is 24.0 Å². The van der Waals surface area contributed by atoms with Gasteiger partial charge in [0, 0.05) is 19.8 Å². The minimum absolute atomic E-state index is 0.202. The summed E-state index contributed by atoms with van der Waals surface area (Å²) in [5.41, 5.74) is 2.13. The van der Waals surface area contributed by atoms with Crippen molar-refractivity contribution in [3.05, 3.63) is 46.2 Å². The Kier molecular flexibility index (Phi) is 5.32. The van der Waals surface area contributed by atoms with Crippen molar-refractivity contribution in [3.63, 3.8) is 0 Å². The zero-order valence-corrected chi connectivity index (χ0v) is 16.1. The van der Waals surface area contributed by atoms with E-state index in [9.17, 15) is 14.7 Å². The Balaban J connectivity index is 2.05. The lowest BCUT2D eigenvalue weighted by atomic mass is 9.89. The summed E-state index contributed by atoms with van der Waals surface area (Å²) >= 11 is 6.01. The quantitative estimate of drug-likeness (QED) is 0.846. The normalized spacial score (nSPS) is 16.0. The average molecular weight is 393 g/mol. The van der Waals surface area contributed by atoms with Crippen molar-refractivity contribution in [2.75, 3.05) is 20.8 Å². The number of ether oxygens (including phenoxy) is 2. The lowest BCUT2D eigenvalue weighted by molar-refractivity contribution is -0.138. The number of hydrogen-bond donors (Lipinski definition) is 1. The van der Waals surface area contributed by atoms with Crippen LogP contribution in [-0.4, -0.2) is 47.2 Å². The van der Waals surface area contributed by atoms with Crippen molar-refractivity contribution in [2.45, 2.75) is 18.9 Å². The molecule has 1 amide bonds. The van der Waals surface area contributed by atoms with Gasteiger partial charge in [-0.25, -0.2) is 0 Å². The third-order valence-corrected chi connectivity index (χ3v) is 5.03. The molecule has 1 N–H and O–H groups in total. The second-order valence-corrected chi connectivity index (χ2v) is 6.86. The molecule has 0 saturated heterocycles. The molecule has 7 nitrogen and oxygen atoms in total. The predicted octanol–water partition coefficient (Wildman–Crippen LogP) is 2.91. The number of benzene rings is 1. The molecule has 1 aliphatic rings. The van der Waals surface area contributed by atoms with Crippen LogP contribution in [0.3, 0.4) is 0 Å². The molecule has 3 rings (SSSR count). The second-order valence-electron chi connectivity index (χ2n) is 6.42. The molecular weight excluding hydrogens is 372 g/mol. The molecule has 0 bridgehead atoms. The molecule has 144 valence electrons. The summed E-state index contributed by atoms with van der Waals surface area (Å²) in [5.74, 6) is -0.149. The van der Waals surface area contributed by atoms with E-state index in [-0.39, 0.29) is 12.3 Å². The number of carboxylic acids is 1. The zero-order valence-electron chi connectivity index (χ0n) is 15.4. The summed E-state index contributed by atoms with van der Waals surface area (Å²) < 4.78 is 12.3. The standard InChI is InChI=1S/C19H21ClN2O5/c1-21-10-12(20)7-15(21)19(25)22-5-4-11-6-16(26-2)17(27-3)8-13(11)14(22)9-18(23)24/h6-8,10,14H,4-5,9H2,1-3H3,(H,23,24). The number of methoxy groups -OCH3 is 2. The van der Waals surface area contributed by atoms with Crippen LogP contribution >= 0.6 is 11.6 Å². The van der Waals surface area contributed by atoms with Crippen molar-refractivity contribution in [3.8, 4) is 11.5 Å². The molecule has 0 fully saturated rings. The number of nitrogens with zero attached hydrogens (tertiary/aromatic N) is 2. The van der Waals surface area contributed by atoms with Crippen LogP contribution in [0.2, 0.25) is 5.02 Å². The number of halogens is 1. The summed E-state index contributed by atoms with van der Waals surface area (Å²) in [6.07, 6.45) is 2.04. The maximum atomic E-state index is 13.1. The SMILES string of the molecule is COc1cc2c(cc1OC)C(CC(=O)O)N(C(=O)c1cc(Cl)cn1C)CC2. The summed E-state index contributed by atoms with van der Waals surface area (Å²) in [4.78, 5) is 26.2. The fraction of sp³-hybridized carbons (Fsp3) is 0.368. The monoisotopic (exact) mass is 392 g/mol. The summed E-state index contributed by atoms with van der Waals surface area (Å²) in [6, 6.07) is 4.60. The van der Waals surface area contributed by atoms with E-state index >= 15 is 0 Å². The molecule has 1 aromatic heterocycles. The van der Waals surface area contributed by atoms with Crippen molar-refractivity contribution in [2.24, 2.45) is 7.05 Å². The van der Waals surface area contributed by atoms with Crippen LogP contribution < -0.4 is 9.47 Å². The molecule has 1 atom stereocenters. The third-order valence-electron chi connectivity index (χ3n) is 4.82. The molecular formula is C19H21ClN2O5. The first-order chi connectivity index (χ1) is 12.8. The average Bonchev–Trinajstić information content (AvgIpc) is 2.98. The number of hydrogen-bond acceptors (Lipinski definition) is 4. The summed E-state index contributed by atoms with van der Waals surface area (Å²) in [6.45, 7) is 0.405. The number of amides is 1. The number of rotatable bonds is 5. The molecule has 1 aromatic carbocycles. The Morgan fingerprint density at radius 2 is 1.89 bits per heavy atom. The van der Waals surface area contributed by atoms with E-state index in [0.717, 1.165) is 11.1 Å². The van der Waals surface area contributed by atoms with Crippen LogP contribution in [0.25, 0.3) is 0 Å². The second kappa shape index (κ2) is 7.52. The van der Waals surface area contributed by atoms with Crippen LogP contribution in [0, 0.1) is 0 Å². The zero-order chi connectivity index (χ0) is 19.7. The van der Waals surface area contributed by atoms with E-state index in [1.165, 1.54) is 7.11 Å². The highest BCUT2D eigenvalue weighted by Crippen LogP contribution is 2.40. The lowest BCUT2D eigenvalue weighted by Crippen LogP contribution is -2.41. The van der Waals surface area contributed by atoms with Crippen molar-refractivity contribution >= 4 is 23.5 Å². The highest BCUT2D eigenvalue weighted by Gasteiger charge is 2.35. The molecule has 0 aliphatic carbocycles. The number of carboxylic acid groups (broad SMARTS) is 1. The van der Waals surface area contributed by atoms with Gasteiger partial charge in [0.1, 0.15) is 5.69 Å². The molecule has 0 spiro atoms. The molecule has 27 heavy (non-hydrogen) atoms. The van der Waals surface area contributed by atoms with Gasteiger partial charge in [-0.05, 0) is 35.7 Å². The Morgan fingerprint density at radius 3 is 2.44 bits per heavy atom. The van der Waals surface area contributed by atoms with Crippen LogP contribution in [0.4, 0.5) is 0 Å². The van der Waals surface area contributed by atoms with Gasteiger partial charge >= 0.3 is 5.97 Å². The molecule has 2 heterocycles. The van der Waals surface area contributed by atoms with Gasteiger partial charge in [-0.2, -0.15) is 0 Å². The smallest absolute Gasteiger partial charge is 0.305 e. The Morgan fingerprint density at radius 1 is 1.22 bits per heavy atom. The summed E-state index contributed by atoms with van der Waals surface area (Å²) in [5, 5.41) is 9.88. The predicted molar refractivity (Wildman–Crippen MR) is 99.7 cm³/mol. The van der Waals surface area contributed by atoms with Crippen molar-refractivity contribution < 1.29 is 24.2 Å². The fourth-order valence-electron chi connectivity index (χ4n) is 3.54. The molecule has 2 aromatic rings. The number of aliphatic carboxylic acids is 1. The van der Waals surface area contributed by atoms with E-state index in [0.29, 0.717) is 35.2 Å². The molecule has 8 heteroatoms. The van der Waals surface area contributed by atoms with Gasteiger partial charge in [-0.15, -0.1) is 0 Å². The first-order valence-electron chi connectivity index (χ1n) is 8.45. The number of fused-ring (bicyclic) bond motifs is 1. The van der Waals surface area contributed by atoms with Crippen LogP contribution in [0.15, 0.2) is 24.4 Å². The number of carbonyl (C=O) groups excluding carboxylic acids is 1. The molecule has 0 saturated carbocycles. The van der Waals surface area contributed by atoms with Gasteiger partial charge in [0.05, 0.1) is 31.7 Å². The summed E-state index contributed by atoms with van der Waals surface area (Å²) in [7, 11) is 4.81. The molecule has 0 radical (unpaired) electrons. The van der Waals surface area contributed by atoms with Crippen LogP contribution in [0.1, 0.15) is 34.1 Å². The number of aryl methyl sites for hydroxylation is 1. The van der Waals surface area contributed by atoms with E-state index in [1.54, 1.807) is 42.0 Å². The Labute approximate surface area is 162 Å². The van der Waals surface area contributed by atoms with E-state index < -0.39 is 12.0 Å². The van der Waals surface area contributed by atoms with Gasteiger partial charge in [0.25, 0.3) is 5.91 Å². The molecule has 1 aliphatic heterocycles. The first-order valence-corrected chi connectivity index (χ1v) is 8.83. The van der Waals surface area contributed by atoms with E-state index in [2.05, 4.69) is 0 Å². The third kappa shape index (κ3) is 3.60. The lowest BCUT2D eigenvalue weighted by Gasteiger charge is -2.37. The van der Waals surface area contributed by atoms with Gasteiger partial charge in [0.2, 0.25) is 0 Å². The van der Waals surface area contributed by atoms with Gasteiger partial charge in [-0.1, -0.05) is 11.6 Å². The Hall–Kier alpha value is -2.67. The van der Waals surface area contributed by atoms with E-state index in [1.807, 2.05) is 6.07 Å². The van der Waals surface area contributed by atoms with Crippen molar-refractivity contribution in [1.82, 2.24) is 9.47 Å². The van der Waals surface area contributed by atoms with E-state index in [4.69, 9.17) is 21.1 Å². The highest BCUT2D eigenvalue weighted by atomic mass is 35.5. The number of aromatic nitrogens is 1. The van der Waals surface area contributed by atoms with Crippen LogP contribution in [-0.2, 0) is 18.3 Å². The minimum Gasteiger partial charge on any atom is -0.493 e. The number of carbonyl (C=O) groups is 2. The van der Waals surface area contributed by atoms with Gasteiger partial charge in [-0.3, -0.25) is 9.59 Å². The maximum absolute atomic E-state index is 13.1.